The Balaban J connectivity index is 2.46. The molecule has 1 aromatic carbocycles. The van der Waals surface area contributed by atoms with Crippen molar-refractivity contribution in [2.75, 3.05) is 0 Å². The minimum Gasteiger partial charge on any atom is -0.504 e. The van der Waals surface area contributed by atoms with Crippen LogP contribution in [-0.4, -0.2) is 54.2 Å². The van der Waals surface area contributed by atoms with E-state index in [0.29, 0.717) is 12.8 Å². The third kappa shape index (κ3) is 22.0. The van der Waals surface area contributed by atoms with Crippen molar-refractivity contribution in [3.63, 3.8) is 0 Å². The van der Waals surface area contributed by atoms with Crippen LogP contribution < -0.4 is 0 Å². The van der Waals surface area contributed by atoms with Crippen molar-refractivity contribution >= 4 is 5.78 Å². The number of phenols is 3. The number of carbonyl (C=O) groups excluding carboxylic acids is 1. The maximum Gasteiger partial charge on any atom is 0.200 e. The number of aromatic hydroxyl groups is 3. The van der Waals surface area contributed by atoms with Gasteiger partial charge < -0.3 is 30.6 Å². The van der Waals surface area contributed by atoms with Gasteiger partial charge in [0.25, 0.3) is 0 Å². The first-order chi connectivity index (χ1) is 25.7. The fraction of sp³-hybridized carbons (Fsp3) is 0.761. The quantitative estimate of drug-likeness (QED) is 0.0174. The van der Waals surface area contributed by atoms with Gasteiger partial charge in [-0.2, -0.15) is 0 Å². The van der Waals surface area contributed by atoms with Crippen molar-refractivity contribution in [1.82, 2.24) is 0 Å². The second-order valence-corrected chi connectivity index (χ2v) is 15.5. The van der Waals surface area contributed by atoms with Crippen LogP contribution in [0.25, 0.3) is 0 Å². The molecule has 6 N–H and O–H groups in total. The summed E-state index contributed by atoms with van der Waals surface area (Å²) in [4.78, 5) is 13.6. The molecule has 0 amide bonds. The van der Waals surface area contributed by atoms with Gasteiger partial charge in [-0.05, 0) is 76.3 Å². The van der Waals surface area contributed by atoms with Crippen LogP contribution in [0.3, 0.4) is 0 Å². The number of allylic oxidation sites excluding steroid dienone is 4. The highest BCUT2D eigenvalue weighted by Gasteiger charge is 2.49. The fourth-order valence-corrected chi connectivity index (χ4v) is 7.10. The smallest absolute Gasteiger partial charge is 0.200 e. The number of phenolic OH excluding ortho intramolecular Hbond substituents is 3. The van der Waals surface area contributed by atoms with Crippen LogP contribution in [0.15, 0.2) is 36.4 Å². The van der Waals surface area contributed by atoms with Gasteiger partial charge in [-0.25, -0.2) is 0 Å². The maximum absolute atomic E-state index is 13.6. The molecule has 0 aliphatic carbocycles. The van der Waals surface area contributed by atoms with Crippen molar-refractivity contribution < 1.29 is 35.4 Å². The number of aliphatic hydroxyl groups is 3. The minimum absolute atomic E-state index is 0.129. The van der Waals surface area contributed by atoms with Crippen molar-refractivity contribution in [3.8, 4) is 17.2 Å². The molecule has 0 aliphatic heterocycles. The average molecular weight is 745 g/mol. The number of aliphatic hydroxyl groups excluding tert-OH is 2. The summed E-state index contributed by atoms with van der Waals surface area (Å²) in [7, 11) is 0. The van der Waals surface area contributed by atoms with Crippen molar-refractivity contribution in [1.29, 1.82) is 0 Å². The summed E-state index contributed by atoms with van der Waals surface area (Å²) in [5.41, 5.74) is -2.81. The van der Waals surface area contributed by atoms with Gasteiger partial charge in [-0.15, -0.1) is 0 Å². The van der Waals surface area contributed by atoms with E-state index in [1.54, 1.807) is 0 Å². The van der Waals surface area contributed by atoms with Gasteiger partial charge in [-0.1, -0.05) is 167 Å². The molecule has 2 unspecified atom stereocenters. The third-order valence-electron chi connectivity index (χ3n) is 10.7. The highest BCUT2D eigenvalue weighted by atomic mass is 16.4. The second kappa shape index (κ2) is 31.9. The molecule has 0 saturated carbocycles. The molecule has 0 spiro atoms. The molecular weight excluding hydrogens is 664 g/mol. The maximum atomic E-state index is 13.6. The van der Waals surface area contributed by atoms with Gasteiger partial charge in [-0.3, -0.25) is 4.79 Å². The van der Waals surface area contributed by atoms with E-state index in [0.717, 1.165) is 89.2 Å². The van der Waals surface area contributed by atoms with Crippen LogP contribution in [0.1, 0.15) is 217 Å². The number of ketones is 1. The van der Waals surface area contributed by atoms with Crippen molar-refractivity contribution in [3.05, 3.63) is 42.0 Å². The molecule has 7 nitrogen and oxygen atoms in total. The first kappa shape index (κ1) is 48.7. The minimum atomic E-state index is -2.51. The molecule has 1 aromatic rings. The van der Waals surface area contributed by atoms with Crippen molar-refractivity contribution in [2.45, 2.75) is 224 Å². The first-order valence-corrected chi connectivity index (χ1v) is 21.9. The van der Waals surface area contributed by atoms with Crippen LogP contribution in [0, 0.1) is 0 Å². The standard InChI is InChI=1S/C46H80O7/c1-3-5-7-9-11-13-15-17-19-21-23-25-27-29-31-33-35-42(49)46(53,45(52)39-37-40(47)44(51)41(48)38-39)43(50)36-34-32-30-28-26-24-22-20-18-16-14-12-10-8-6-4-2/h17-20,37-38,42-43,47-51,53H,3-16,21-36H2,1-2H3/b19-17-,20-18-. The highest BCUT2D eigenvalue weighted by molar-refractivity contribution is 6.04. The number of carbonyl (C=O) groups is 1. The number of benzene rings is 1. The highest BCUT2D eigenvalue weighted by Crippen LogP contribution is 2.38. The molecule has 0 aliphatic rings. The van der Waals surface area contributed by atoms with Crippen LogP contribution in [-0.2, 0) is 0 Å². The Morgan fingerprint density at radius 1 is 0.509 bits per heavy atom. The Morgan fingerprint density at radius 3 is 1.11 bits per heavy atom. The molecule has 7 heteroatoms. The van der Waals surface area contributed by atoms with E-state index in [-0.39, 0.29) is 18.4 Å². The van der Waals surface area contributed by atoms with Crippen molar-refractivity contribution in [2.24, 2.45) is 0 Å². The molecule has 2 atom stereocenters. The first-order valence-electron chi connectivity index (χ1n) is 21.9. The van der Waals surface area contributed by atoms with Gasteiger partial charge in [0.05, 0.1) is 12.2 Å². The van der Waals surface area contributed by atoms with E-state index in [2.05, 4.69) is 38.2 Å². The summed E-state index contributed by atoms with van der Waals surface area (Å²) < 4.78 is 0. The molecule has 1 rings (SSSR count). The lowest BCUT2D eigenvalue weighted by Gasteiger charge is -2.36. The predicted molar refractivity (Wildman–Crippen MR) is 221 cm³/mol. The zero-order valence-corrected chi connectivity index (χ0v) is 33.9. The van der Waals surface area contributed by atoms with Crippen LogP contribution in [0.4, 0.5) is 0 Å². The molecule has 0 heterocycles. The van der Waals surface area contributed by atoms with E-state index >= 15 is 0 Å². The van der Waals surface area contributed by atoms with Gasteiger partial charge in [0.1, 0.15) is 0 Å². The summed E-state index contributed by atoms with van der Waals surface area (Å²) in [5, 5.41) is 63.9. The molecule has 0 fully saturated rings. The monoisotopic (exact) mass is 745 g/mol. The number of unbranched alkanes of at least 4 members (excludes halogenated alkanes) is 24. The predicted octanol–water partition coefficient (Wildman–Crippen LogP) is 12.3. The van der Waals surface area contributed by atoms with Gasteiger partial charge in [0, 0.05) is 5.56 Å². The van der Waals surface area contributed by atoms with Gasteiger partial charge >= 0.3 is 0 Å². The second-order valence-electron chi connectivity index (χ2n) is 15.5. The largest absolute Gasteiger partial charge is 0.504 e. The Kier molecular flexibility index (Phi) is 29.3. The number of hydrogen-bond donors (Lipinski definition) is 6. The van der Waals surface area contributed by atoms with E-state index in [1.807, 2.05) is 0 Å². The summed E-state index contributed by atoms with van der Waals surface area (Å²) in [6, 6.07) is 1.88. The number of rotatable bonds is 36. The molecule has 53 heavy (non-hydrogen) atoms. The third-order valence-corrected chi connectivity index (χ3v) is 10.7. The Bertz CT molecular complexity index is 1030. The van der Waals surface area contributed by atoms with Crippen LogP contribution in [0.2, 0.25) is 0 Å². The summed E-state index contributed by atoms with van der Waals surface area (Å²) in [6.07, 6.45) is 38.4. The summed E-state index contributed by atoms with van der Waals surface area (Å²) >= 11 is 0. The van der Waals surface area contributed by atoms with Crippen LogP contribution in [0.5, 0.6) is 17.2 Å². The van der Waals surface area contributed by atoms with E-state index in [4.69, 9.17) is 0 Å². The van der Waals surface area contributed by atoms with E-state index < -0.39 is 40.8 Å². The Hall–Kier alpha value is -2.35. The lowest BCUT2D eigenvalue weighted by Crippen LogP contribution is -2.58. The molecule has 0 radical (unpaired) electrons. The van der Waals surface area contributed by atoms with Gasteiger partial charge in [0.2, 0.25) is 0 Å². The number of Topliss-reactive ketones (excluding diaryl/α,β-unsaturated/α-hetero) is 1. The normalized spacial score (nSPS) is 14.3. The number of hydrogen-bond acceptors (Lipinski definition) is 7. The molecule has 0 aromatic heterocycles. The SMILES string of the molecule is CCCCCCCC/C=C\CCCCCCCCC(O)C(O)(C(=O)c1cc(O)c(O)c(O)c1)C(O)CCCCCCCC/C=C\CCCCCCCC. The summed E-state index contributed by atoms with van der Waals surface area (Å²) in [5.74, 6) is -3.21. The zero-order chi connectivity index (χ0) is 39.0. The Labute approximate surface area is 324 Å². The molecule has 306 valence electrons. The molecule has 0 saturated heterocycles. The fourth-order valence-electron chi connectivity index (χ4n) is 7.10. The average Bonchev–Trinajstić information content (AvgIpc) is 3.15. The zero-order valence-electron chi connectivity index (χ0n) is 33.9. The van der Waals surface area contributed by atoms with Gasteiger partial charge in [0.15, 0.2) is 28.6 Å². The lowest BCUT2D eigenvalue weighted by molar-refractivity contribution is -0.121. The molecule has 0 bridgehead atoms. The topological polar surface area (TPSA) is 138 Å². The Morgan fingerprint density at radius 2 is 0.792 bits per heavy atom. The van der Waals surface area contributed by atoms with E-state index in [1.165, 1.54) is 89.9 Å². The molecular formula is C46H80O7. The summed E-state index contributed by atoms with van der Waals surface area (Å²) in [6.45, 7) is 4.49. The van der Waals surface area contributed by atoms with E-state index in [9.17, 15) is 35.4 Å². The van der Waals surface area contributed by atoms with Crippen LogP contribution >= 0.6 is 0 Å². The lowest BCUT2D eigenvalue weighted by atomic mass is 9.78.